The van der Waals surface area contributed by atoms with Gasteiger partial charge in [0.25, 0.3) is 0 Å². The summed E-state index contributed by atoms with van der Waals surface area (Å²) < 4.78 is 6.52. The molecule has 3 aromatic rings. The lowest BCUT2D eigenvalue weighted by molar-refractivity contribution is 0.518. The molecule has 1 N–H and O–H groups in total. The Morgan fingerprint density at radius 3 is 3.08 bits per heavy atom. The van der Waals surface area contributed by atoms with Crippen molar-refractivity contribution in [3.63, 3.8) is 0 Å². The quantitative estimate of drug-likeness (QED) is 0.422. The van der Waals surface area contributed by atoms with Crippen LogP contribution in [0.5, 0.6) is 0 Å². The topological polar surface area (TPSA) is 38.1 Å². The van der Waals surface area contributed by atoms with Crippen LogP contribution in [0.25, 0.3) is 10.2 Å². The minimum atomic E-state index is 0.477. The number of fused-ring (bicyclic) bond motifs is 1. The number of halogens is 1. The van der Waals surface area contributed by atoms with Crippen LogP contribution in [0.3, 0.4) is 0 Å². The predicted octanol–water partition coefficient (Wildman–Crippen LogP) is 6.35. The second-order valence-corrected chi connectivity index (χ2v) is 7.73. The summed E-state index contributed by atoms with van der Waals surface area (Å²) in [6.07, 6.45) is 9.49. The van der Waals surface area contributed by atoms with E-state index in [0.29, 0.717) is 12.5 Å². The van der Waals surface area contributed by atoms with Gasteiger partial charge in [-0.3, -0.25) is 0 Å². The summed E-state index contributed by atoms with van der Waals surface area (Å²) in [6.45, 7) is 2.43. The van der Waals surface area contributed by atoms with Crippen molar-refractivity contribution in [2.24, 2.45) is 0 Å². The molecular weight excluding hydrogens is 364 g/mol. The van der Waals surface area contributed by atoms with Crippen molar-refractivity contribution in [3.05, 3.63) is 58.0 Å². The highest BCUT2D eigenvalue weighted by atomic mass is 35.5. The monoisotopic (exact) mass is 382 g/mol. The molecule has 0 bridgehead atoms. The fourth-order valence-electron chi connectivity index (χ4n) is 3.27. The largest absolute Gasteiger partial charge is 0.467 e. The molecule has 26 heavy (non-hydrogen) atoms. The Kier molecular flexibility index (Phi) is 5.01. The number of rotatable bonds is 4. The van der Waals surface area contributed by atoms with Gasteiger partial charge in [-0.15, -0.1) is 11.3 Å². The van der Waals surface area contributed by atoms with Crippen molar-refractivity contribution in [1.29, 1.82) is 0 Å². The Hall–Kier alpha value is -2.22. The molecule has 0 radical (unpaired) electrons. The number of hydrogen-bond acceptors (Lipinski definition) is 4. The Balaban J connectivity index is 1.77. The first-order chi connectivity index (χ1) is 12.8. The van der Waals surface area contributed by atoms with Crippen molar-refractivity contribution in [3.8, 4) is 11.8 Å². The zero-order valence-electron chi connectivity index (χ0n) is 14.5. The smallest absolute Gasteiger partial charge is 0.122 e. The molecule has 0 aromatic carbocycles. The maximum Gasteiger partial charge on any atom is 0.122 e. The highest BCUT2D eigenvalue weighted by Gasteiger charge is 2.22. The summed E-state index contributed by atoms with van der Waals surface area (Å²) in [5, 5.41) is 4.25. The van der Waals surface area contributed by atoms with E-state index in [2.05, 4.69) is 29.3 Å². The third-order valence-electron chi connectivity index (χ3n) is 4.54. The molecule has 0 saturated carbocycles. The van der Waals surface area contributed by atoms with Crippen LogP contribution in [0.4, 0.5) is 5.69 Å². The molecule has 0 fully saturated rings. The standard InChI is InChI=1S/C21H19ClN2OS/c1-2-7-15-12-17(23-13-16-10-6-11-25-16)21-19(24-15)18(22)20(26-21)14-8-4-3-5-9-14/h3-4,6,10-12,14H,5,8-9,13H2,1H3,(H,23,24). The SMILES string of the molecule is CC#Cc1cc(NCc2ccco2)c2sc(C3CC=CCC3)c(Cl)c2n1. The van der Waals surface area contributed by atoms with Gasteiger partial charge < -0.3 is 9.73 Å². The Morgan fingerprint density at radius 2 is 2.35 bits per heavy atom. The Bertz CT molecular complexity index is 1010. The lowest BCUT2D eigenvalue weighted by Crippen LogP contribution is -1.99. The fraction of sp³-hybridized carbons (Fsp3) is 0.286. The van der Waals surface area contributed by atoms with E-state index in [1.54, 1.807) is 17.6 Å². The van der Waals surface area contributed by atoms with Crippen molar-refractivity contribution in [1.82, 2.24) is 4.98 Å². The van der Waals surface area contributed by atoms with Gasteiger partial charge in [-0.2, -0.15) is 0 Å². The van der Waals surface area contributed by atoms with Crippen LogP contribution in [0.15, 0.2) is 41.0 Å². The lowest BCUT2D eigenvalue weighted by Gasteiger charge is -2.16. The number of nitrogens with zero attached hydrogens (tertiary/aromatic N) is 1. The molecule has 3 nitrogen and oxygen atoms in total. The van der Waals surface area contributed by atoms with Crippen LogP contribution in [-0.4, -0.2) is 4.98 Å². The van der Waals surface area contributed by atoms with Gasteiger partial charge in [-0.05, 0) is 56.2 Å². The third kappa shape index (κ3) is 3.38. The zero-order valence-corrected chi connectivity index (χ0v) is 16.1. The second-order valence-electron chi connectivity index (χ2n) is 6.30. The second kappa shape index (κ2) is 7.57. The van der Waals surface area contributed by atoms with Gasteiger partial charge in [0.1, 0.15) is 17.0 Å². The van der Waals surface area contributed by atoms with Crippen molar-refractivity contribution in [2.45, 2.75) is 38.6 Å². The van der Waals surface area contributed by atoms with Crippen LogP contribution in [0, 0.1) is 11.8 Å². The minimum Gasteiger partial charge on any atom is -0.467 e. The summed E-state index contributed by atoms with van der Waals surface area (Å²) in [6, 6.07) is 5.85. The van der Waals surface area contributed by atoms with Gasteiger partial charge in [0, 0.05) is 4.88 Å². The van der Waals surface area contributed by atoms with E-state index >= 15 is 0 Å². The molecule has 0 aliphatic heterocycles. The van der Waals surface area contributed by atoms with E-state index in [1.807, 2.05) is 25.1 Å². The van der Waals surface area contributed by atoms with Crippen molar-refractivity contribution >= 4 is 38.8 Å². The van der Waals surface area contributed by atoms with Crippen LogP contribution in [0.1, 0.15) is 48.4 Å². The van der Waals surface area contributed by atoms with Crippen LogP contribution in [-0.2, 0) is 6.54 Å². The first-order valence-corrected chi connectivity index (χ1v) is 9.92. The number of thiophene rings is 1. The maximum atomic E-state index is 6.76. The average molecular weight is 383 g/mol. The third-order valence-corrected chi connectivity index (χ3v) is 6.40. The summed E-state index contributed by atoms with van der Waals surface area (Å²) >= 11 is 8.52. The molecule has 132 valence electrons. The molecule has 0 saturated heterocycles. The van der Waals surface area contributed by atoms with Gasteiger partial charge in [-0.1, -0.05) is 29.7 Å². The van der Waals surface area contributed by atoms with E-state index in [9.17, 15) is 0 Å². The van der Waals surface area contributed by atoms with Crippen LogP contribution in [0.2, 0.25) is 5.02 Å². The Labute approximate surface area is 162 Å². The lowest BCUT2D eigenvalue weighted by atomic mass is 9.93. The van der Waals surface area contributed by atoms with Gasteiger partial charge in [-0.25, -0.2) is 4.98 Å². The molecule has 1 unspecified atom stereocenters. The summed E-state index contributed by atoms with van der Waals surface area (Å²) in [5.74, 6) is 7.35. The van der Waals surface area contributed by atoms with E-state index < -0.39 is 0 Å². The maximum absolute atomic E-state index is 6.76. The highest BCUT2D eigenvalue weighted by Crippen LogP contribution is 2.45. The zero-order chi connectivity index (χ0) is 17.9. The van der Waals surface area contributed by atoms with Crippen LogP contribution < -0.4 is 5.32 Å². The number of pyridine rings is 1. The van der Waals surface area contributed by atoms with E-state index in [1.165, 1.54) is 4.88 Å². The molecule has 1 atom stereocenters. The van der Waals surface area contributed by atoms with Crippen molar-refractivity contribution in [2.75, 3.05) is 5.32 Å². The molecule has 4 rings (SSSR count). The van der Waals surface area contributed by atoms with Gasteiger partial charge in [0.2, 0.25) is 0 Å². The average Bonchev–Trinajstić information content (AvgIpc) is 3.29. The van der Waals surface area contributed by atoms with E-state index in [4.69, 9.17) is 21.0 Å². The molecule has 3 aromatic heterocycles. The normalized spacial score (nSPS) is 16.5. The molecule has 3 heterocycles. The summed E-state index contributed by atoms with van der Waals surface area (Å²) in [4.78, 5) is 5.95. The van der Waals surface area contributed by atoms with Gasteiger partial charge in [0.05, 0.1) is 28.2 Å². The number of allylic oxidation sites excluding steroid dienone is 2. The molecular formula is C21H19ClN2OS. The minimum absolute atomic E-state index is 0.477. The predicted molar refractivity (Wildman–Crippen MR) is 109 cm³/mol. The number of hydrogen-bond donors (Lipinski definition) is 1. The van der Waals surface area contributed by atoms with Crippen LogP contribution >= 0.6 is 22.9 Å². The molecule has 0 spiro atoms. The first kappa shape index (κ1) is 17.2. The van der Waals surface area contributed by atoms with Gasteiger partial charge >= 0.3 is 0 Å². The highest BCUT2D eigenvalue weighted by molar-refractivity contribution is 7.20. The summed E-state index contributed by atoms with van der Waals surface area (Å²) in [5.41, 5.74) is 2.59. The van der Waals surface area contributed by atoms with E-state index in [0.717, 1.165) is 51.6 Å². The molecule has 1 aliphatic rings. The molecule has 0 amide bonds. The number of furan rings is 1. The fourth-order valence-corrected chi connectivity index (χ4v) is 5.01. The number of anilines is 1. The summed E-state index contributed by atoms with van der Waals surface area (Å²) in [7, 11) is 0. The number of aromatic nitrogens is 1. The number of nitrogens with one attached hydrogen (secondary N) is 1. The Morgan fingerprint density at radius 1 is 1.42 bits per heavy atom. The molecule has 5 heteroatoms. The van der Waals surface area contributed by atoms with Crippen molar-refractivity contribution < 1.29 is 4.42 Å². The van der Waals surface area contributed by atoms with Gasteiger partial charge in [0.15, 0.2) is 0 Å². The van der Waals surface area contributed by atoms with E-state index in [-0.39, 0.29) is 0 Å². The molecule has 1 aliphatic carbocycles. The first-order valence-electron chi connectivity index (χ1n) is 8.73.